The van der Waals surface area contributed by atoms with Crippen LogP contribution in [-0.2, 0) is 23.3 Å². The zero-order valence-corrected chi connectivity index (χ0v) is 16.0. The third-order valence-corrected chi connectivity index (χ3v) is 6.67. The first-order valence-electron chi connectivity index (χ1n) is 10.3. The Bertz CT molecular complexity index is 930. The van der Waals surface area contributed by atoms with Gasteiger partial charge in [0.1, 0.15) is 0 Å². The number of amides is 1. The van der Waals surface area contributed by atoms with Gasteiger partial charge >= 0.3 is 0 Å². The third-order valence-electron chi connectivity index (χ3n) is 6.67. The molecule has 1 aliphatic carbocycles. The van der Waals surface area contributed by atoms with Gasteiger partial charge in [0.15, 0.2) is 0 Å². The Labute approximate surface area is 165 Å². The van der Waals surface area contributed by atoms with Gasteiger partial charge in [-0.2, -0.15) is 5.26 Å². The smallest absolute Gasteiger partial charge is 0.226 e. The van der Waals surface area contributed by atoms with Crippen molar-refractivity contribution in [3.8, 4) is 6.07 Å². The summed E-state index contributed by atoms with van der Waals surface area (Å²) in [6, 6.07) is 10.1. The van der Waals surface area contributed by atoms with E-state index in [1.807, 2.05) is 24.3 Å². The highest BCUT2D eigenvalue weighted by Gasteiger charge is 2.50. The molecule has 3 heterocycles. The Kier molecular flexibility index (Phi) is 4.21. The quantitative estimate of drug-likeness (QED) is 0.895. The average molecular weight is 375 g/mol. The van der Waals surface area contributed by atoms with E-state index >= 15 is 0 Å². The molecule has 0 unspecified atom stereocenters. The van der Waals surface area contributed by atoms with Gasteiger partial charge in [0.05, 0.1) is 29.2 Å². The number of nitrogens with zero attached hydrogens (tertiary/aromatic N) is 4. The summed E-state index contributed by atoms with van der Waals surface area (Å²) in [6.07, 6.45) is 6.53. The van der Waals surface area contributed by atoms with Gasteiger partial charge in [-0.15, -0.1) is 0 Å². The molecule has 0 atom stereocenters. The number of aromatic nitrogens is 2. The van der Waals surface area contributed by atoms with Crippen molar-refractivity contribution in [2.75, 3.05) is 19.6 Å². The second kappa shape index (κ2) is 6.75. The Morgan fingerprint density at radius 1 is 1.25 bits per heavy atom. The first-order valence-corrected chi connectivity index (χ1v) is 10.3. The van der Waals surface area contributed by atoms with Gasteiger partial charge in [0.25, 0.3) is 0 Å². The van der Waals surface area contributed by atoms with Crippen molar-refractivity contribution in [2.24, 2.45) is 5.92 Å². The topological polar surface area (TPSA) is 76.0 Å². The standard InChI is InChI=1S/C22H25N5O/c23-13-17-3-1-2-4-18(17)14-26-11-8-22(9-12-26)20-19(24-15-25-20)7-10-27(22)21(28)16-5-6-16/h1-4,15-16H,5-12,14H2,(H,24,25). The monoisotopic (exact) mass is 375 g/mol. The summed E-state index contributed by atoms with van der Waals surface area (Å²) in [6.45, 7) is 3.38. The van der Waals surface area contributed by atoms with E-state index in [1.165, 1.54) is 5.69 Å². The second-order valence-corrected chi connectivity index (χ2v) is 8.32. The molecule has 3 aliphatic rings. The summed E-state index contributed by atoms with van der Waals surface area (Å²) in [5.74, 6) is 0.565. The number of carbonyl (C=O) groups is 1. The molecule has 2 aromatic rings. The highest BCUT2D eigenvalue weighted by molar-refractivity contribution is 5.82. The number of hydrogen-bond donors (Lipinski definition) is 1. The van der Waals surface area contributed by atoms with Gasteiger partial charge < -0.3 is 9.88 Å². The van der Waals surface area contributed by atoms with E-state index in [1.54, 1.807) is 6.33 Å². The molecule has 0 radical (unpaired) electrons. The number of nitrogens with one attached hydrogen (secondary N) is 1. The molecular weight excluding hydrogens is 350 g/mol. The van der Waals surface area contributed by atoms with E-state index in [4.69, 9.17) is 0 Å². The largest absolute Gasteiger partial charge is 0.348 e. The molecule has 1 aromatic carbocycles. The molecule has 1 spiro atoms. The van der Waals surface area contributed by atoms with Crippen molar-refractivity contribution < 1.29 is 4.79 Å². The zero-order chi connectivity index (χ0) is 19.1. The zero-order valence-electron chi connectivity index (χ0n) is 16.0. The van der Waals surface area contributed by atoms with E-state index in [2.05, 4.69) is 25.8 Å². The van der Waals surface area contributed by atoms with Crippen LogP contribution in [0.5, 0.6) is 0 Å². The number of aromatic amines is 1. The number of benzene rings is 1. The molecule has 1 aromatic heterocycles. The fourth-order valence-corrected chi connectivity index (χ4v) is 4.95. The molecule has 5 rings (SSSR count). The predicted octanol–water partition coefficient (Wildman–Crippen LogP) is 2.57. The molecule has 2 fully saturated rings. The Hall–Kier alpha value is -2.65. The van der Waals surface area contributed by atoms with Crippen LogP contribution in [-0.4, -0.2) is 45.3 Å². The maximum Gasteiger partial charge on any atom is 0.226 e. The summed E-state index contributed by atoms with van der Waals surface area (Å²) >= 11 is 0. The maximum absolute atomic E-state index is 13.1. The third kappa shape index (κ3) is 2.82. The molecule has 28 heavy (non-hydrogen) atoms. The lowest BCUT2D eigenvalue weighted by molar-refractivity contribution is -0.143. The number of fused-ring (bicyclic) bond motifs is 2. The lowest BCUT2D eigenvalue weighted by Gasteiger charge is -2.50. The van der Waals surface area contributed by atoms with Crippen LogP contribution < -0.4 is 0 Å². The van der Waals surface area contributed by atoms with Gasteiger partial charge in [-0.05, 0) is 37.3 Å². The molecule has 144 valence electrons. The van der Waals surface area contributed by atoms with Crippen molar-refractivity contribution in [2.45, 2.75) is 44.2 Å². The summed E-state index contributed by atoms with van der Waals surface area (Å²) in [5.41, 5.74) is 3.85. The van der Waals surface area contributed by atoms with Crippen LogP contribution in [0.3, 0.4) is 0 Å². The van der Waals surface area contributed by atoms with Crippen LogP contribution in [0, 0.1) is 17.2 Å². The Morgan fingerprint density at radius 2 is 2.04 bits per heavy atom. The molecule has 6 heteroatoms. The summed E-state index contributed by atoms with van der Waals surface area (Å²) in [5, 5.41) is 9.36. The van der Waals surface area contributed by atoms with E-state index in [0.717, 1.165) is 75.1 Å². The lowest BCUT2D eigenvalue weighted by Crippen LogP contribution is -2.58. The van der Waals surface area contributed by atoms with Gasteiger partial charge in [-0.25, -0.2) is 4.98 Å². The van der Waals surface area contributed by atoms with Crippen LogP contribution in [0.2, 0.25) is 0 Å². The first kappa shape index (κ1) is 17.4. The number of piperidine rings is 1. The normalized spacial score (nSPS) is 21.3. The van der Waals surface area contributed by atoms with Crippen LogP contribution >= 0.6 is 0 Å². The van der Waals surface area contributed by atoms with Crippen molar-refractivity contribution in [1.29, 1.82) is 5.26 Å². The SMILES string of the molecule is N#Cc1ccccc1CN1CCC2(CC1)c1nc[nH]c1CCN2C(=O)C1CC1. The molecular formula is C22H25N5O. The van der Waals surface area contributed by atoms with Crippen molar-refractivity contribution in [3.63, 3.8) is 0 Å². The number of hydrogen-bond acceptors (Lipinski definition) is 4. The highest BCUT2D eigenvalue weighted by atomic mass is 16.2. The average Bonchev–Trinajstić information content (AvgIpc) is 3.47. The minimum absolute atomic E-state index is 0.234. The minimum atomic E-state index is -0.265. The minimum Gasteiger partial charge on any atom is -0.348 e. The lowest BCUT2D eigenvalue weighted by atomic mass is 9.78. The number of likely N-dealkylation sites (tertiary alicyclic amines) is 1. The van der Waals surface area contributed by atoms with Gasteiger partial charge in [0.2, 0.25) is 5.91 Å². The number of rotatable bonds is 3. The molecule has 1 amide bonds. The number of imidazole rings is 1. The highest BCUT2D eigenvalue weighted by Crippen LogP contribution is 2.45. The summed E-state index contributed by atoms with van der Waals surface area (Å²) in [7, 11) is 0. The van der Waals surface area contributed by atoms with Crippen molar-refractivity contribution in [3.05, 3.63) is 53.1 Å². The van der Waals surface area contributed by atoms with Gasteiger partial charge in [-0.1, -0.05) is 18.2 Å². The molecule has 2 aliphatic heterocycles. The van der Waals surface area contributed by atoms with Crippen LogP contribution in [0.4, 0.5) is 0 Å². The van der Waals surface area contributed by atoms with Crippen LogP contribution in [0.25, 0.3) is 0 Å². The van der Waals surface area contributed by atoms with E-state index in [9.17, 15) is 10.1 Å². The molecule has 1 N–H and O–H groups in total. The fourth-order valence-electron chi connectivity index (χ4n) is 4.95. The second-order valence-electron chi connectivity index (χ2n) is 8.32. The summed E-state index contributed by atoms with van der Waals surface area (Å²) < 4.78 is 0. The van der Waals surface area contributed by atoms with E-state index in [-0.39, 0.29) is 11.5 Å². The van der Waals surface area contributed by atoms with Crippen LogP contribution in [0.1, 0.15) is 48.2 Å². The summed E-state index contributed by atoms with van der Waals surface area (Å²) in [4.78, 5) is 25.6. The molecule has 1 saturated heterocycles. The van der Waals surface area contributed by atoms with Gasteiger partial charge in [-0.3, -0.25) is 9.69 Å². The number of H-pyrrole nitrogens is 1. The predicted molar refractivity (Wildman–Crippen MR) is 104 cm³/mol. The van der Waals surface area contributed by atoms with E-state index in [0.29, 0.717) is 5.91 Å². The van der Waals surface area contributed by atoms with E-state index < -0.39 is 0 Å². The fraction of sp³-hybridized carbons (Fsp3) is 0.500. The first-order chi connectivity index (χ1) is 13.7. The Balaban J connectivity index is 1.38. The number of nitriles is 1. The molecule has 1 saturated carbocycles. The van der Waals surface area contributed by atoms with Crippen LogP contribution in [0.15, 0.2) is 30.6 Å². The van der Waals surface area contributed by atoms with Crippen molar-refractivity contribution >= 4 is 5.91 Å². The van der Waals surface area contributed by atoms with Crippen molar-refractivity contribution in [1.82, 2.24) is 19.8 Å². The van der Waals surface area contributed by atoms with Gasteiger partial charge in [0, 0.05) is 44.2 Å². The molecule has 6 nitrogen and oxygen atoms in total. The maximum atomic E-state index is 13.1. The Morgan fingerprint density at radius 3 is 2.79 bits per heavy atom. The molecule has 0 bridgehead atoms. The number of carbonyl (C=O) groups excluding carboxylic acids is 1.